The Morgan fingerprint density at radius 1 is 1.20 bits per heavy atom. The van der Waals surface area contributed by atoms with Gasteiger partial charge in [-0.25, -0.2) is 0 Å². The van der Waals surface area contributed by atoms with E-state index in [1.807, 2.05) is 24.3 Å². The molecule has 0 heterocycles. The lowest BCUT2D eigenvalue weighted by Crippen LogP contribution is -2.33. The summed E-state index contributed by atoms with van der Waals surface area (Å²) < 4.78 is 0. The molecule has 0 aromatic heterocycles. The third-order valence-electron chi connectivity index (χ3n) is 3.58. The van der Waals surface area contributed by atoms with Crippen molar-refractivity contribution in [2.45, 2.75) is 18.6 Å². The predicted octanol–water partition coefficient (Wildman–Crippen LogP) is 2.73. The van der Waals surface area contributed by atoms with Crippen LogP contribution < -0.4 is 5.32 Å². The fourth-order valence-corrected chi connectivity index (χ4v) is 2.79. The molecule has 3 rings (SSSR count). The van der Waals surface area contributed by atoms with Gasteiger partial charge in [-0.1, -0.05) is 41.9 Å². The first-order valence-corrected chi connectivity index (χ1v) is 6.85. The van der Waals surface area contributed by atoms with Gasteiger partial charge >= 0.3 is 0 Å². The summed E-state index contributed by atoms with van der Waals surface area (Å²) in [6, 6.07) is 14.2. The second-order valence-electron chi connectivity index (χ2n) is 4.93. The fourth-order valence-electron chi connectivity index (χ4n) is 2.60. The summed E-state index contributed by atoms with van der Waals surface area (Å²) >= 11 is 5.89. The van der Waals surface area contributed by atoms with Gasteiger partial charge in [0.25, 0.3) is 5.91 Å². The van der Waals surface area contributed by atoms with Crippen LogP contribution in [0.3, 0.4) is 0 Å². The van der Waals surface area contributed by atoms with Crippen LogP contribution >= 0.6 is 11.6 Å². The van der Waals surface area contributed by atoms with E-state index in [4.69, 9.17) is 11.6 Å². The molecule has 0 fully saturated rings. The molecule has 0 saturated heterocycles. The normalized spacial score (nSPS) is 20.5. The van der Waals surface area contributed by atoms with Gasteiger partial charge in [0, 0.05) is 17.0 Å². The maximum Gasteiger partial charge on any atom is 0.251 e. The number of rotatable bonds is 2. The van der Waals surface area contributed by atoms with Crippen LogP contribution in [0.5, 0.6) is 0 Å². The second-order valence-corrected chi connectivity index (χ2v) is 5.37. The zero-order valence-electron chi connectivity index (χ0n) is 10.7. The molecule has 0 radical (unpaired) electrons. The number of carbonyl (C=O) groups excluding carboxylic acids is 1. The summed E-state index contributed by atoms with van der Waals surface area (Å²) in [4.78, 5) is 12.2. The molecule has 1 aliphatic rings. The van der Waals surface area contributed by atoms with Crippen LogP contribution in [0.25, 0.3) is 0 Å². The van der Waals surface area contributed by atoms with E-state index in [-0.39, 0.29) is 11.9 Å². The Hall–Kier alpha value is -1.84. The molecule has 0 spiro atoms. The molecule has 102 valence electrons. The monoisotopic (exact) mass is 287 g/mol. The van der Waals surface area contributed by atoms with Crippen molar-refractivity contribution in [1.29, 1.82) is 0 Å². The van der Waals surface area contributed by atoms with E-state index in [0.717, 1.165) is 11.1 Å². The van der Waals surface area contributed by atoms with Crippen LogP contribution in [0.4, 0.5) is 0 Å². The Labute approximate surface area is 122 Å². The summed E-state index contributed by atoms with van der Waals surface area (Å²) in [6.45, 7) is 0. The predicted molar refractivity (Wildman–Crippen MR) is 77.8 cm³/mol. The zero-order chi connectivity index (χ0) is 14.1. The lowest BCUT2D eigenvalue weighted by Gasteiger charge is -2.18. The minimum Gasteiger partial charge on any atom is -0.390 e. The number of aliphatic hydroxyl groups excluding tert-OH is 1. The summed E-state index contributed by atoms with van der Waals surface area (Å²) in [7, 11) is 0. The molecule has 1 aliphatic carbocycles. The molecule has 2 aromatic rings. The fraction of sp³-hybridized carbons (Fsp3) is 0.188. The average Bonchev–Trinajstić information content (AvgIpc) is 2.75. The lowest BCUT2D eigenvalue weighted by molar-refractivity contribution is 0.0858. The molecule has 2 atom stereocenters. The minimum absolute atomic E-state index is 0.228. The number of aliphatic hydroxyl groups is 1. The van der Waals surface area contributed by atoms with Crippen LogP contribution in [0, 0.1) is 0 Å². The van der Waals surface area contributed by atoms with Crippen LogP contribution in [-0.2, 0) is 6.42 Å². The van der Waals surface area contributed by atoms with Crippen LogP contribution in [0.1, 0.15) is 27.5 Å². The van der Waals surface area contributed by atoms with Crippen molar-refractivity contribution >= 4 is 17.5 Å². The molecule has 2 N–H and O–H groups in total. The van der Waals surface area contributed by atoms with E-state index >= 15 is 0 Å². The van der Waals surface area contributed by atoms with Gasteiger partial charge < -0.3 is 10.4 Å². The first kappa shape index (κ1) is 13.2. The number of fused-ring (bicyclic) bond motifs is 1. The van der Waals surface area contributed by atoms with E-state index < -0.39 is 6.10 Å². The van der Waals surface area contributed by atoms with Gasteiger partial charge in [0.05, 0.1) is 12.1 Å². The highest BCUT2D eigenvalue weighted by Gasteiger charge is 2.31. The smallest absolute Gasteiger partial charge is 0.251 e. The quantitative estimate of drug-likeness (QED) is 0.892. The molecule has 0 saturated carbocycles. The van der Waals surface area contributed by atoms with Crippen molar-refractivity contribution < 1.29 is 9.90 Å². The first-order valence-electron chi connectivity index (χ1n) is 6.47. The van der Waals surface area contributed by atoms with Gasteiger partial charge in [0.2, 0.25) is 0 Å². The zero-order valence-corrected chi connectivity index (χ0v) is 11.5. The van der Waals surface area contributed by atoms with E-state index in [2.05, 4.69) is 5.32 Å². The highest BCUT2D eigenvalue weighted by molar-refractivity contribution is 6.30. The van der Waals surface area contributed by atoms with Crippen molar-refractivity contribution in [2.24, 2.45) is 0 Å². The molecule has 1 amide bonds. The number of carbonyl (C=O) groups is 1. The van der Waals surface area contributed by atoms with Crippen LogP contribution in [0.15, 0.2) is 48.5 Å². The van der Waals surface area contributed by atoms with Gasteiger partial charge in [0.1, 0.15) is 0 Å². The maximum atomic E-state index is 12.2. The molecule has 0 aliphatic heterocycles. The number of benzene rings is 2. The molecular weight excluding hydrogens is 274 g/mol. The Balaban J connectivity index is 1.83. The van der Waals surface area contributed by atoms with Crippen LogP contribution in [0.2, 0.25) is 5.02 Å². The third kappa shape index (κ3) is 2.42. The number of amides is 1. The SMILES string of the molecule is O=C(NC1c2ccccc2CC1O)c1cccc(Cl)c1. The highest BCUT2D eigenvalue weighted by atomic mass is 35.5. The average molecular weight is 288 g/mol. The molecule has 4 heteroatoms. The van der Waals surface area contributed by atoms with Crippen molar-refractivity contribution in [3.8, 4) is 0 Å². The largest absolute Gasteiger partial charge is 0.390 e. The molecule has 2 aromatic carbocycles. The second kappa shape index (κ2) is 5.27. The Bertz CT molecular complexity index is 656. The van der Waals surface area contributed by atoms with Gasteiger partial charge in [-0.15, -0.1) is 0 Å². The van der Waals surface area contributed by atoms with Gasteiger partial charge in [0.15, 0.2) is 0 Å². The Kier molecular flexibility index (Phi) is 3.47. The standard InChI is InChI=1S/C16H14ClNO2/c17-12-6-3-5-11(8-12)16(20)18-15-13-7-2-1-4-10(13)9-14(15)19/h1-8,14-15,19H,9H2,(H,18,20). The number of nitrogens with one attached hydrogen (secondary N) is 1. The summed E-state index contributed by atoms with van der Waals surface area (Å²) in [6.07, 6.45) is -0.0213. The molecular formula is C16H14ClNO2. The Morgan fingerprint density at radius 3 is 2.80 bits per heavy atom. The minimum atomic E-state index is -0.587. The van der Waals surface area contributed by atoms with Crippen molar-refractivity contribution in [3.63, 3.8) is 0 Å². The van der Waals surface area contributed by atoms with Gasteiger partial charge in [-0.05, 0) is 29.3 Å². The maximum absolute atomic E-state index is 12.2. The van der Waals surface area contributed by atoms with E-state index in [1.165, 1.54) is 0 Å². The van der Waals surface area contributed by atoms with Crippen molar-refractivity contribution in [3.05, 3.63) is 70.2 Å². The third-order valence-corrected chi connectivity index (χ3v) is 3.81. The molecule has 0 bridgehead atoms. The lowest BCUT2D eigenvalue weighted by atomic mass is 10.1. The molecule has 3 nitrogen and oxygen atoms in total. The van der Waals surface area contributed by atoms with Gasteiger partial charge in [-0.3, -0.25) is 4.79 Å². The number of hydrogen-bond acceptors (Lipinski definition) is 2. The summed E-state index contributed by atoms with van der Waals surface area (Å²) in [5.74, 6) is -0.228. The highest BCUT2D eigenvalue weighted by Crippen LogP contribution is 2.31. The van der Waals surface area contributed by atoms with E-state index in [1.54, 1.807) is 24.3 Å². The van der Waals surface area contributed by atoms with Crippen molar-refractivity contribution in [2.75, 3.05) is 0 Å². The van der Waals surface area contributed by atoms with Crippen molar-refractivity contribution in [1.82, 2.24) is 5.32 Å². The molecule has 2 unspecified atom stereocenters. The first-order chi connectivity index (χ1) is 9.65. The topological polar surface area (TPSA) is 49.3 Å². The Morgan fingerprint density at radius 2 is 2.00 bits per heavy atom. The molecule has 20 heavy (non-hydrogen) atoms. The summed E-state index contributed by atoms with van der Waals surface area (Å²) in [5, 5.41) is 13.5. The summed E-state index contributed by atoms with van der Waals surface area (Å²) in [5.41, 5.74) is 2.56. The van der Waals surface area contributed by atoms with E-state index in [0.29, 0.717) is 17.0 Å². The van der Waals surface area contributed by atoms with E-state index in [9.17, 15) is 9.90 Å². The van der Waals surface area contributed by atoms with Crippen LogP contribution in [-0.4, -0.2) is 17.1 Å². The number of halogens is 1. The number of hydrogen-bond donors (Lipinski definition) is 2. The van der Waals surface area contributed by atoms with Gasteiger partial charge in [-0.2, -0.15) is 0 Å².